The first-order chi connectivity index (χ1) is 14.2. The molecule has 0 aliphatic rings. The lowest BCUT2D eigenvalue weighted by Crippen LogP contribution is -2.00. The summed E-state index contributed by atoms with van der Waals surface area (Å²) in [6.07, 6.45) is 1.55. The number of benzene rings is 3. The van der Waals surface area contributed by atoms with Gasteiger partial charge in [-0.05, 0) is 35.9 Å². The van der Waals surface area contributed by atoms with E-state index in [-0.39, 0.29) is 17.5 Å². The fourth-order valence-electron chi connectivity index (χ4n) is 2.80. The van der Waals surface area contributed by atoms with Crippen LogP contribution in [0.2, 0.25) is 0 Å². The van der Waals surface area contributed by atoms with Crippen molar-refractivity contribution in [3.8, 4) is 28.3 Å². The molecule has 0 fully saturated rings. The predicted molar refractivity (Wildman–Crippen MR) is 112 cm³/mol. The molecule has 2 N–H and O–H groups in total. The Bertz CT molecular complexity index is 1150. The number of rotatable bonds is 5. The molecule has 1 aromatic heterocycles. The number of para-hydroxylation sites is 1. The lowest BCUT2D eigenvalue weighted by Gasteiger charge is -2.09. The second kappa shape index (κ2) is 8.31. The van der Waals surface area contributed by atoms with Crippen LogP contribution in [0.15, 0.2) is 90.0 Å². The van der Waals surface area contributed by atoms with Gasteiger partial charge < -0.3 is 5.11 Å². The highest BCUT2D eigenvalue weighted by Crippen LogP contribution is 2.30. The maximum atomic E-state index is 13.0. The zero-order valence-electron chi connectivity index (χ0n) is 15.3. The summed E-state index contributed by atoms with van der Waals surface area (Å²) in [5.41, 5.74) is 6.32. The van der Waals surface area contributed by atoms with Crippen LogP contribution in [0.1, 0.15) is 5.56 Å². The first-order valence-electron chi connectivity index (χ1n) is 8.96. The third-order valence-corrected chi connectivity index (χ3v) is 4.22. The third-order valence-electron chi connectivity index (χ3n) is 4.22. The van der Waals surface area contributed by atoms with E-state index in [1.165, 1.54) is 12.1 Å². The Labute approximate surface area is 167 Å². The Balaban J connectivity index is 1.70. The van der Waals surface area contributed by atoms with Crippen molar-refractivity contribution in [1.82, 2.24) is 9.97 Å². The van der Waals surface area contributed by atoms with E-state index >= 15 is 0 Å². The Hall–Kier alpha value is -4.06. The number of nitrogens with zero attached hydrogens (tertiary/aromatic N) is 3. The van der Waals surface area contributed by atoms with Gasteiger partial charge in [0.05, 0.1) is 17.6 Å². The Morgan fingerprint density at radius 2 is 1.52 bits per heavy atom. The topological polar surface area (TPSA) is 70.4 Å². The molecule has 0 spiro atoms. The number of nitrogens with one attached hydrogen (secondary N) is 1. The molecule has 4 rings (SSSR count). The van der Waals surface area contributed by atoms with Gasteiger partial charge in [0.15, 0.2) is 0 Å². The van der Waals surface area contributed by atoms with Crippen LogP contribution < -0.4 is 5.43 Å². The molecule has 3 aromatic carbocycles. The number of hydrogen-bond donors (Lipinski definition) is 2. The number of aromatic nitrogens is 2. The molecule has 0 bridgehead atoms. The number of hydrogen-bond acceptors (Lipinski definition) is 5. The number of aromatic hydroxyl groups is 1. The highest BCUT2D eigenvalue weighted by atomic mass is 19.1. The average Bonchev–Trinajstić information content (AvgIpc) is 2.76. The van der Waals surface area contributed by atoms with E-state index < -0.39 is 0 Å². The molecule has 0 radical (unpaired) electrons. The highest BCUT2D eigenvalue weighted by molar-refractivity contribution is 5.80. The second-order valence-corrected chi connectivity index (χ2v) is 6.27. The van der Waals surface area contributed by atoms with Crippen molar-refractivity contribution >= 4 is 12.2 Å². The molecule has 1 heterocycles. The SMILES string of the molecule is Oc1ccccc1-c1cc(-c2ccccc2)nc(NN=Cc2ccc(F)cc2)n1. The van der Waals surface area contributed by atoms with E-state index in [4.69, 9.17) is 0 Å². The van der Waals surface area contributed by atoms with Crippen LogP contribution in [0, 0.1) is 5.82 Å². The molecule has 0 aliphatic heterocycles. The van der Waals surface area contributed by atoms with Crippen LogP contribution in [-0.4, -0.2) is 21.3 Å². The lowest BCUT2D eigenvalue weighted by molar-refractivity contribution is 0.477. The summed E-state index contributed by atoms with van der Waals surface area (Å²) in [6.45, 7) is 0. The van der Waals surface area contributed by atoms with Gasteiger partial charge in [-0.25, -0.2) is 19.8 Å². The number of anilines is 1. The van der Waals surface area contributed by atoms with E-state index in [2.05, 4.69) is 20.5 Å². The summed E-state index contributed by atoms with van der Waals surface area (Å²) in [5.74, 6) is 0.107. The van der Waals surface area contributed by atoms with Crippen molar-refractivity contribution in [3.63, 3.8) is 0 Å². The zero-order chi connectivity index (χ0) is 20.1. The molecule has 0 saturated heterocycles. The van der Waals surface area contributed by atoms with E-state index in [9.17, 15) is 9.50 Å². The summed E-state index contributed by atoms with van der Waals surface area (Å²) < 4.78 is 13.0. The van der Waals surface area contributed by atoms with E-state index in [0.717, 1.165) is 11.1 Å². The second-order valence-electron chi connectivity index (χ2n) is 6.27. The molecule has 0 aliphatic carbocycles. The quantitative estimate of drug-likeness (QED) is 0.371. The average molecular weight is 384 g/mol. The molecule has 142 valence electrons. The first-order valence-corrected chi connectivity index (χ1v) is 8.96. The third kappa shape index (κ3) is 4.44. The van der Waals surface area contributed by atoms with Crippen LogP contribution in [0.4, 0.5) is 10.3 Å². The molecule has 4 aromatic rings. The molecule has 0 atom stereocenters. The minimum Gasteiger partial charge on any atom is -0.507 e. The standard InChI is InChI=1S/C23H17FN4O/c24-18-12-10-16(11-13-18)15-25-28-23-26-20(17-6-2-1-3-7-17)14-21(27-23)19-8-4-5-9-22(19)29/h1-15,29H,(H,26,27,28). The van der Waals surface area contributed by atoms with Gasteiger partial charge in [-0.3, -0.25) is 0 Å². The molecule has 0 saturated carbocycles. The van der Waals surface area contributed by atoms with E-state index in [1.807, 2.05) is 42.5 Å². The van der Waals surface area contributed by atoms with Crippen molar-refractivity contribution in [2.75, 3.05) is 5.43 Å². The van der Waals surface area contributed by atoms with Crippen molar-refractivity contribution in [3.05, 3.63) is 96.3 Å². The summed E-state index contributed by atoms with van der Waals surface area (Å²) in [4.78, 5) is 9.01. The van der Waals surface area contributed by atoms with Crippen molar-refractivity contribution in [1.29, 1.82) is 0 Å². The predicted octanol–water partition coefficient (Wildman–Crippen LogP) is 5.10. The van der Waals surface area contributed by atoms with Gasteiger partial charge in [0.1, 0.15) is 11.6 Å². The largest absolute Gasteiger partial charge is 0.507 e. The summed E-state index contributed by atoms with van der Waals surface area (Å²) in [5, 5.41) is 14.4. The normalized spacial score (nSPS) is 10.9. The lowest BCUT2D eigenvalue weighted by atomic mass is 10.1. The van der Waals surface area contributed by atoms with Crippen LogP contribution in [-0.2, 0) is 0 Å². The minimum absolute atomic E-state index is 0.131. The van der Waals surface area contributed by atoms with Crippen LogP contribution in [0.25, 0.3) is 22.5 Å². The molecule has 0 unspecified atom stereocenters. The summed E-state index contributed by atoms with van der Waals surface area (Å²) in [6, 6.07) is 24.5. The van der Waals surface area contributed by atoms with Gasteiger partial charge in [-0.2, -0.15) is 5.10 Å². The smallest absolute Gasteiger partial charge is 0.244 e. The van der Waals surface area contributed by atoms with Gasteiger partial charge in [0, 0.05) is 11.1 Å². The Morgan fingerprint density at radius 3 is 2.28 bits per heavy atom. The van der Waals surface area contributed by atoms with Crippen molar-refractivity contribution in [2.45, 2.75) is 0 Å². The van der Waals surface area contributed by atoms with Crippen LogP contribution >= 0.6 is 0 Å². The monoisotopic (exact) mass is 384 g/mol. The Morgan fingerprint density at radius 1 is 0.828 bits per heavy atom. The number of halogens is 1. The van der Waals surface area contributed by atoms with E-state index in [0.29, 0.717) is 17.0 Å². The first kappa shape index (κ1) is 18.3. The maximum Gasteiger partial charge on any atom is 0.244 e. The zero-order valence-corrected chi connectivity index (χ0v) is 15.3. The van der Waals surface area contributed by atoms with Gasteiger partial charge >= 0.3 is 0 Å². The fourth-order valence-corrected chi connectivity index (χ4v) is 2.80. The van der Waals surface area contributed by atoms with Crippen molar-refractivity contribution in [2.24, 2.45) is 5.10 Å². The van der Waals surface area contributed by atoms with Gasteiger partial charge in [0.2, 0.25) is 5.95 Å². The van der Waals surface area contributed by atoms with Gasteiger partial charge in [-0.15, -0.1) is 0 Å². The number of phenolic OH excluding ortho intramolecular Hbond substituents is 1. The van der Waals surface area contributed by atoms with Gasteiger partial charge in [-0.1, -0.05) is 54.6 Å². The fraction of sp³-hybridized carbons (Fsp3) is 0. The summed E-state index contributed by atoms with van der Waals surface area (Å²) >= 11 is 0. The van der Waals surface area contributed by atoms with Crippen LogP contribution in [0.3, 0.4) is 0 Å². The number of hydrazone groups is 1. The van der Waals surface area contributed by atoms with Crippen molar-refractivity contribution < 1.29 is 9.50 Å². The Kier molecular flexibility index (Phi) is 5.25. The minimum atomic E-state index is -0.304. The van der Waals surface area contributed by atoms with Gasteiger partial charge in [0.25, 0.3) is 0 Å². The molecule has 6 heteroatoms. The van der Waals surface area contributed by atoms with E-state index in [1.54, 1.807) is 36.5 Å². The molecule has 29 heavy (non-hydrogen) atoms. The molecular formula is C23H17FN4O. The highest BCUT2D eigenvalue weighted by Gasteiger charge is 2.11. The molecule has 0 amide bonds. The molecule has 5 nitrogen and oxygen atoms in total. The maximum absolute atomic E-state index is 13.0. The molecular weight excluding hydrogens is 367 g/mol. The van der Waals surface area contributed by atoms with Crippen LogP contribution in [0.5, 0.6) is 5.75 Å². The number of phenols is 1. The summed E-state index contributed by atoms with van der Waals surface area (Å²) in [7, 11) is 0.